The Kier molecular flexibility index (Phi) is 3.32. The van der Waals surface area contributed by atoms with Gasteiger partial charge in [0.25, 0.3) is 0 Å². The molecule has 2 heterocycles. The average Bonchev–Trinajstić information content (AvgIpc) is 2.75. The summed E-state index contributed by atoms with van der Waals surface area (Å²) in [7, 11) is -3.88. The molecule has 20 heavy (non-hydrogen) atoms. The third-order valence-electron chi connectivity index (χ3n) is 2.71. The summed E-state index contributed by atoms with van der Waals surface area (Å²) in [5.74, 6) is -0.349. The van der Waals surface area contributed by atoms with Gasteiger partial charge in [-0.2, -0.15) is 13.2 Å². The molecule has 5 nitrogen and oxygen atoms in total. The first-order valence-corrected chi connectivity index (χ1v) is 7.13. The second-order valence-electron chi connectivity index (χ2n) is 3.97. The lowest BCUT2D eigenvalue weighted by Crippen LogP contribution is -2.11. The lowest BCUT2D eigenvalue weighted by Gasteiger charge is -2.08. The van der Waals surface area contributed by atoms with E-state index in [1.165, 1.54) is 6.92 Å². The van der Waals surface area contributed by atoms with Crippen molar-refractivity contribution in [2.24, 2.45) is 0 Å². The van der Waals surface area contributed by atoms with Crippen molar-refractivity contribution in [2.45, 2.75) is 18.1 Å². The molecule has 0 saturated heterocycles. The van der Waals surface area contributed by atoms with E-state index in [0.29, 0.717) is 6.20 Å². The lowest BCUT2D eigenvalue weighted by molar-refractivity contribution is -0.137. The van der Waals surface area contributed by atoms with Crippen LogP contribution in [0.15, 0.2) is 23.4 Å². The third kappa shape index (κ3) is 2.28. The molecule has 2 rings (SSSR count). The molecule has 0 amide bonds. The second-order valence-corrected chi connectivity index (χ2v) is 6.16. The van der Waals surface area contributed by atoms with Crippen molar-refractivity contribution in [3.63, 3.8) is 0 Å². The number of sulfone groups is 1. The molecule has 0 aliphatic carbocycles. The summed E-state index contributed by atoms with van der Waals surface area (Å²) in [5.41, 5.74) is -1.45. The number of hydrogen-bond acceptors (Lipinski definition) is 4. The number of nitrogens with zero attached hydrogens (tertiary/aromatic N) is 2. The third-order valence-corrected chi connectivity index (χ3v) is 4.47. The van der Waals surface area contributed by atoms with Crippen LogP contribution >= 0.6 is 0 Å². The molecule has 0 bridgehead atoms. The molecule has 2 aromatic rings. The van der Waals surface area contributed by atoms with Gasteiger partial charge in [-0.3, -0.25) is 9.20 Å². The first-order chi connectivity index (χ1) is 9.20. The van der Waals surface area contributed by atoms with Gasteiger partial charge in [-0.05, 0) is 12.1 Å². The second kappa shape index (κ2) is 4.58. The molecule has 0 spiro atoms. The minimum absolute atomic E-state index is 0.0351. The predicted molar refractivity (Wildman–Crippen MR) is 63.3 cm³/mol. The van der Waals surface area contributed by atoms with Gasteiger partial charge in [-0.15, -0.1) is 0 Å². The van der Waals surface area contributed by atoms with Crippen molar-refractivity contribution in [1.29, 1.82) is 0 Å². The van der Waals surface area contributed by atoms with E-state index in [9.17, 15) is 26.4 Å². The summed E-state index contributed by atoms with van der Waals surface area (Å²) in [6.45, 7) is 1.33. The number of alkyl halides is 3. The smallest absolute Gasteiger partial charge is 0.296 e. The molecule has 0 aliphatic rings. The van der Waals surface area contributed by atoms with Crippen molar-refractivity contribution in [3.05, 3.63) is 29.6 Å². The molecule has 0 radical (unpaired) electrons. The van der Waals surface area contributed by atoms with Crippen LogP contribution in [0.4, 0.5) is 13.2 Å². The first-order valence-electron chi connectivity index (χ1n) is 5.48. The number of rotatable bonds is 3. The van der Waals surface area contributed by atoms with Crippen LogP contribution in [0.1, 0.15) is 23.0 Å². The van der Waals surface area contributed by atoms with E-state index in [1.54, 1.807) is 0 Å². The summed E-state index contributed by atoms with van der Waals surface area (Å²) in [6, 6.07) is 1.80. The monoisotopic (exact) mass is 306 g/mol. The zero-order valence-corrected chi connectivity index (χ0v) is 11.0. The van der Waals surface area contributed by atoms with Crippen LogP contribution in [-0.4, -0.2) is 29.8 Å². The van der Waals surface area contributed by atoms with Gasteiger partial charge in [-0.1, -0.05) is 6.92 Å². The van der Waals surface area contributed by atoms with Gasteiger partial charge in [0, 0.05) is 6.20 Å². The van der Waals surface area contributed by atoms with E-state index in [-0.39, 0.29) is 17.7 Å². The molecule has 108 valence electrons. The van der Waals surface area contributed by atoms with Crippen molar-refractivity contribution in [3.8, 4) is 0 Å². The molecule has 0 unspecified atom stereocenters. The number of fused-ring (bicyclic) bond motifs is 1. The van der Waals surface area contributed by atoms with Gasteiger partial charge in [0.1, 0.15) is 11.3 Å². The van der Waals surface area contributed by atoms with Gasteiger partial charge in [0.2, 0.25) is 0 Å². The molecule has 0 saturated carbocycles. The number of hydrogen-bond donors (Lipinski definition) is 0. The van der Waals surface area contributed by atoms with Crippen LogP contribution in [-0.2, 0) is 16.0 Å². The van der Waals surface area contributed by atoms with E-state index in [0.717, 1.165) is 16.5 Å². The molecule has 0 aromatic carbocycles. The lowest BCUT2D eigenvalue weighted by atomic mass is 10.3. The molecule has 0 atom stereocenters. The number of aldehydes is 1. The van der Waals surface area contributed by atoms with Gasteiger partial charge in [0.05, 0.1) is 11.3 Å². The van der Waals surface area contributed by atoms with E-state index in [4.69, 9.17) is 0 Å². The fourth-order valence-electron chi connectivity index (χ4n) is 1.73. The SMILES string of the molecule is CCS(=O)(=O)c1c(C=O)nc2ccc(C(F)(F)F)cn12. The number of halogens is 3. The first kappa shape index (κ1) is 14.5. The Morgan fingerprint density at radius 1 is 1.35 bits per heavy atom. The summed E-state index contributed by atoms with van der Waals surface area (Å²) < 4.78 is 62.6. The quantitative estimate of drug-likeness (QED) is 0.813. The van der Waals surface area contributed by atoms with Crippen LogP contribution in [0.5, 0.6) is 0 Å². The molecule has 2 aromatic heterocycles. The maximum absolute atomic E-state index is 12.7. The summed E-state index contributed by atoms with van der Waals surface area (Å²) in [6.07, 6.45) is -3.78. The van der Waals surface area contributed by atoms with Crippen LogP contribution in [0.25, 0.3) is 5.65 Å². The molecule has 0 aliphatic heterocycles. The number of carbonyl (C=O) groups excluding carboxylic acids is 1. The highest BCUT2D eigenvalue weighted by molar-refractivity contribution is 7.91. The minimum Gasteiger partial charge on any atom is -0.296 e. The Morgan fingerprint density at radius 2 is 2.00 bits per heavy atom. The number of imidazole rings is 1. The molecule has 9 heteroatoms. The van der Waals surface area contributed by atoms with Crippen LogP contribution in [0.3, 0.4) is 0 Å². The van der Waals surface area contributed by atoms with Gasteiger partial charge >= 0.3 is 6.18 Å². The standard InChI is InChI=1S/C11H9F3N2O3S/c1-2-20(18,19)10-8(6-17)15-9-4-3-7(5-16(9)10)11(12,13)14/h3-6H,2H2,1H3. The Bertz CT molecular complexity index is 778. The Hall–Kier alpha value is -1.90. The van der Waals surface area contributed by atoms with Crippen LogP contribution in [0, 0.1) is 0 Å². The van der Waals surface area contributed by atoms with E-state index in [2.05, 4.69) is 4.98 Å². The van der Waals surface area contributed by atoms with Crippen molar-refractivity contribution >= 4 is 21.8 Å². The van der Waals surface area contributed by atoms with E-state index >= 15 is 0 Å². The zero-order valence-electron chi connectivity index (χ0n) is 10.2. The summed E-state index contributed by atoms with van der Waals surface area (Å²) in [5, 5.41) is -0.518. The number of carbonyl (C=O) groups is 1. The van der Waals surface area contributed by atoms with Crippen molar-refractivity contribution < 1.29 is 26.4 Å². The molecule has 0 fully saturated rings. The maximum atomic E-state index is 12.7. The van der Waals surface area contributed by atoms with Crippen molar-refractivity contribution in [1.82, 2.24) is 9.38 Å². The zero-order chi connectivity index (χ0) is 15.1. The summed E-state index contributed by atoms with van der Waals surface area (Å²) >= 11 is 0. The van der Waals surface area contributed by atoms with Gasteiger partial charge in [-0.25, -0.2) is 13.4 Å². The highest BCUT2D eigenvalue weighted by Gasteiger charge is 2.32. The number of pyridine rings is 1. The molecule has 0 N–H and O–H groups in total. The predicted octanol–water partition coefficient (Wildman–Crippen LogP) is 1.96. The van der Waals surface area contributed by atoms with Crippen LogP contribution in [0.2, 0.25) is 0 Å². The topological polar surface area (TPSA) is 68.5 Å². The van der Waals surface area contributed by atoms with E-state index in [1.807, 2.05) is 0 Å². The highest BCUT2D eigenvalue weighted by atomic mass is 32.2. The van der Waals surface area contributed by atoms with E-state index < -0.39 is 32.3 Å². The van der Waals surface area contributed by atoms with Gasteiger partial charge < -0.3 is 0 Å². The Morgan fingerprint density at radius 3 is 2.50 bits per heavy atom. The Labute approximate surface area is 112 Å². The molecular weight excluding hydrogens is 297 g/mol. The van der Waals surface area contributed by atoms with Gasteiger partial charge in [0.15, 0.2) is 21.1 Å². The largest absolute Gasteiger partial charge is 0.417 e. The highest BCUT2D eigenvalue weighted by Crippen LogP contribution is 2.30. The minimum atomic E-state index is -4.62. The summed E-state index contributed by atoms with van der Waals surface area (Å²) in [4.78, 5) is 14.6. The molecular formula is C11H9F3N2O3S. The van der Waals surface area contributed by atoms with Crippen molar-refractivity contribution in [2.75, 3.05) is 5.75 Å². The maximum Gasteiger partial charge on any atom is 0.417 e. The fraction of sp³-hybridized carbons (Fsp3) is 0.273. The normalized spacial score (nSPS) is 12.8. The number of aromatic nitrogens is 2. The van der Waals surface area contributed by atoms with Crippen LogP contribution < -0.4 is 0 Å². The Balaban J connectivity index is 2.87. The average molecular weight is 306 g/mol. The fourth-order valence-corrected chi connectivity index (χ4v) is 2.86.